The summed E-state index contributed by atoms with van der Waals surface area (Å²) in [5.41, 5.74) is 3.41. The van der Waals surface area contributed by atoms with Crippen LogP contribution >= 0.6 is 23.2 Å². The largest absolute Gasteiger partial charge is 0.490 e. The summed E-state index contributed by atoms with van der Waals surface area (Å²) in [7, 11) is -4.47. The van der Waals surface area contributed by atoms with Crippen LogP contribution in [0.3, 0.4) is 0 Å². The first-order valence-electron chi connectivity index (χ1n) is 34.7. The van der Waals surface area contributed by atoms with Gasteiger partial charge in [0.05, 0.1) is 58.1 Å². The summed E-state index contributed by atoms with van der Waals surface area (Å²) in [6.07, 6.45) is 18.2. The van der Waals surface area contributed by atoms with E-state index in [0.717, 1.165) is 75.6 Å². The molecular formula is C74H92Cl2N6O12S2. The number of aliphatic hydroxyl groups is 2. The number of sulfonamides is 2. The minimum atomic E-state index is -4.02. The van der Waals surface area contributed by atoms with Crippen LogP contribution in [0.1, 0.15) is 148 Å². The minimum Gasteiger partial charge on any atom is -0.490 e. The van der Waals surface area contributed by atoms with Gasteiger partial charge < -0.3 is 39.3 Å². The number of carbonyl (C=O) groups is 4. The molecular weight excluding hydrogens is 1300 g/mol. The van der Waals surface area contributed by atoms with Crippen molar-refractivity contribution in [3.8, 4) is 11.5 Å². The van der Waals surface area contributed by atoms with Crippen LogP contribution < -0.4 is 28.7 Å². The van der Waals surface area contributed by atoms with Gasteiger partial charge in [-0.3, -0.25) is 19.2 Å². The van der Waals surface area contributed by atoms with E-state index in [1.54, 1.807) is 86.3 Å². The first-order chi connectivity index (χ1) is 45.6. The summed E-state index contributed by atoms with van der Waals surface area (Å²) in [6, 6.07) is 22.5. The van der Waals surface area contributed by atoms with E-state index in [1.807, 2.05) is 38.1 Å². The van der Waals surface area contributed by atoms with Gasteiger partial charge in [-0.1, -0.05) is 73.5 Å². The van der Waals surface area contributed by atoms with Gasteiger partial charge in [0.25, 0.3) is 11.8 Å². The molecule has 4 aromatic carbocycles. The van der Waals surface area contributed by atoms with Gasteiger partial charge in [0.1, 0.15) is 11.5 Å². The molecule has 4 fully saturated rings. The first kappa shape index (κ1) is 68.4. The number of ether oxygens (including phenoxy) is 2. The zero-order chi connectivity index (χ0) is 68.0. The van der Waals surface area contributed by atoms with Crippen molar-refractivity contribution in [2.45, 2.75) is 150 Å². The number of hydrogen-bond donors (Lipinski definition) is 4. The average molecular weight is 1390 g/mol. The zero-order valence-electron chi connectivity index (χ0n) is 55.9. The molecule has 0 unspecified atom stereocenters. The van der Waals surface area contributed by atoms with Crippen LogP contribution in [0.4, 0.5) is 11.4 Å². The van der Waals surface area contributed by atoms with Gasteiger partial charge in [-0.25, -0.2) is 26.3 Å². The number of aryl methyl sites for hydroxylation is 2. The van der Waals surface area contributed by atoms with Crippen molar-refractivity contribution in [3.63, 3.8) is 0 Å². The number of amides is 4. The number of fused-ring (bicyclic) bond motifs is 8. The van der Waals surface area contributed by atoms with Gasteiger partial charge in [0, 0.05) is 85.4 Å². The highest BCUT2D eigenvalue weighted by atomic mass is 35.5. The zero-order valence-corrected chi connectivity index (χ0v) is 59.1. The highest BCUT2D eigenvalue weighted by Crippen LogP contribution is 2.54. The maximum absolute atomic E-state index is 13.5. The second-order valence-electron chi connectivity index (χ2n) is 30.0. The molecule has 6 aliphatic heterocycles. The predicted molar refractivity (Wildman–Crippen MR) is 372 cm³/mol. The van der Waals surface area contributed by atoms with Crippen LogP contribution in [0.15, 0.2) is 97.1 Å². The number of likely N-dealkylation sites (tertiary alicyclic amines) is 2. The van der Waals surface area contributed by atoms with Crippen LogP contribution in [-0.4, -0.2) is 149 Å². The number of nitrogens with one attached hydrogen (secondary N) is 2. The summed E-state index contributed by atoms with van der Waals surface area (Å²) in [5, 5.41) is 24.9. The van der Waals surface area contributed by atoms with Gasteiger partial charge in [0.2, 0.25) is 31.9 Å². The first-order valence-corrected chi connectivity index (χ1v) is 38.5. The molecule has 4 amide bonds. The molecule has 14 rings (SSSR count). The molecule has 2 saturated heterocycles. The van der Waals surface area contributed by atoms with Gasteiger partial charge in [-0.15, -0.1) is 0 Å². The fraction of sp³-hybridized carbons (Fsp3) is 0.568. The van der Waals surface area contributed by atoms with E-state index in [-0.39, 0.29) is 69.3 Å². The predicted octanol–water partition coefficient (Wildman–Crippen LogP) is 10.2. The minimum absolute atomic E-state index is 0.0523. The Balaban J connectivity index is 0.000000174. The molecule has 96 heavy (non-hydrogen) atoms. The van der Waals surface area contributed by atoms with Crippen LogP contribution in [0.2, 0.25) is 10.0 Å². The Morgan fingerprint density at radius 1 is 0.542 bits per heavy atom. The highest BCUT2D eigenvalue weighted by Gasteiger charge is 2.57. The molecule has 10 aliphatic rings. The maximum atomic E-state index is 13.5. The lowest BCUT2D eigenvalue weighted by molar-refractivity contribution is -0.144. The smallest absolute Gasteiger partial charge is 0.264 e. The number of carbonyl (C=O) groups excluding carboxylic acids is 4. The number of anilines is 2. The van der Waals surface area contributed by atoms with E-state index in [4.69, 9.17) is 32.7 Å². The number of allylic oxidation sites excluding steroid dienone is 2. The van der Waals surface area contributed by atoms with Crippen LogP contribution in [-0.2, 0) is 53.3 Å². The Bertz CT molecular complexity index is 3780. The molecule has 2 saturated carbocycles. The molecule has 22 heteroatoms. The summed E-state index contributed by atoms with van der Waals surface area (Å²) in [6.45, 7) is 11.4. The van der Waals surface area contributed by atoms with E-state index in [1.165, 1.54) is 22.3 Å². The average Bonchev–Trinajstić information content (AvgIpc) is 1.39. The number of halogens is 2. The third kappa shape index (κ3) is 12.5. The molecule has 2 spiro atoms. The third-order valence-corrected chi connectivity index (χ3v) is 28.6. The van der Waals surface area contributed by atoms with Crippen LogP contribution in [0.25, 0.3) is 0 Å². The van der Waals surface area contributed by atoms with Gasteiger partial charge >= 0.3 is 0 Å². The molecule has 516 valence electrons. The molecule has 0 aromatic heterocycles. The lowest BCUT2D eigenvalue weighted by atomic mass is 9.60. The Kier molecular flexibility index (Phi) is 18.6. The van der Waals surface area contributed by atoms with E-state index in [9.17, 15) is 46.2 Å². The number of benzene rings is 4. The fourth-order valence-corrected chi connectivity index (χ4v) is 20.8. The van der Waals surface area contributed by atoms with Crippen LogP contribution in [0.5, 0.6) is 11.5 Å². The number of rotatable bonds is 2. The second-order valence-corrected chi connectivity index (χ2v) is 35.0. The number of nitrogens with zero attached hydrogens (tertiary/aromatic N) is 4. The molecule has 4 N–H and O–H groups in total. The van der Waals surface area contributed by atoms with Gasteiger partial charge in [-0.05, 0) is 222 Å². The fourth-order valence-electron chi connectivity index (χ4n) is 17.9. The third-order valence-electron chi connectivity index (χ3n) is 24.3. The van der Waals surface area contributed by atoms with Gasteiger partial charge in [0.15, 0.2) is 0 Å². The number of hydrogen-bond acceptors (Lipinski definition) is 14. The summed E-state index contributed by atoms with van der Waals surface area (Å²) >= 11 is 12.9. The van der Waals surface area contributed by atoms with Crippen molar-refractivity contribution in [1.29, 1.82) is 0 Å². The van der Waals surface area contributed by atoms with Crippen molar-refractivity contribution in [2.75, 3.05) is 76.4 Å². The molecule has 18 nitrogen and oxygen atoms in total. The quantitative estimate of drug-likeness (QED) is 0.137. The molecule has 6 heterocycles. The highest BCUT2D eigenvalue weighted by molar-refractivity contribution is 7.91. The topological polar surface area (TPSA) is 232 Å². The lowest BCUT2D eigenvalue weighted by Crippen LogP contribution is -2.56. The van der Waals surface area contributed by atoms with Crippen LogP contribution in [0, 0.1) is 47.3 Å². The van der Waals surface area contributed by atoms with E-state index in [0.29, 0.717) is 99.7 Å². The van der Waals surface area contributed by atoms with Crippen molar-refractivity contribution < 1.29 is 55.7 Å². The molecule has 4 aromatic rings. The molecule has 0 radical (unpaired) electrons. The standard InChI is InChI=1S/2C37H46ClN3O6S/c2*1-23-6-4-16-37(44,31-14-17-40(3)35(31)43)30-11-8-27(30)20-41-21-36(15-5-7-25-18-28(38)10-12-29(25)36)22-47-33-13-9-26(19-32(33)41)34(42)39-48(45,46)24(23)2/h2*4,9-10,12-13,16,18-19,23-24,27,30-31,44H,5-8,11,14-15,17,20-22H2,1-3H3,(H,39,42)/b2*16-4+/t23-,24+,27-,30+,31+,36-,37+;23-,24+,27-,30+,31-,36-,37+/m00/s1. The molecule has 4 bridgehead atoms. The monoisotopic (exact) mass is 1390 g/mol. The van der Waals surface area contributed by atoms with Crippen molar-refractivity contribution in [3.05, 3.63) is 141 Å². The Morgan fingerprint density at radius 3 is 1.31 bits per heavy atom. The van der Waals surface area contributed by atoms with E-state index >= 15 is 0 Å². The van der Waals surface area contributed by atoms with Crippen molar-refractivity contribution in [2.24, 2.45) is 47.3 Å². The molecule has 14 atom stereocenters. The van der Waals surface area contributed by atoms with Gasteiger partial charge in [-0.2, -0.15) is 0 Å². The summed E-state index contributed by atoms with van der Waals surface area (Å²) in [4.78, 5) is 61.9. The van der Waals surface area contributed by atoms with Crippen molar-refractivity contribution >= 4 is 78.3 Å². The Morgan fingerprint density at radius 2 is 0.948 bits per heavy atom. The Labute approximate surface area is 575 Å². The SMILES string of the molecule is C[C@@H]1[C@@H](C)C/C=C/[C@](O)([C@@H]2CCN(C)C2=O)[C@@H]2CC[C@H]2CN2C[C@@]3(CCCc4cc(Cl)ccc43)COc3ccc(cc32)C(=O)NS1(=O)=O.C[C@@H]1[C@@H](C)C/C=C/[C@](O)([C@H]2CCN(C)C2=O)[C@@H]2CC[C@H]2CN2C[C@@]3(CCCc4cc(Cl)ccc43)COc3ccc(cc32)C(=O)NS1(=O)=O. The summed E-state index contributed by atoms with van der Waals surface area (Å²) < 4.78 is 71.5. The Hall–Kier alpha value is -6.16. The van der Waals surface area contributed by atoms with Crippen molar-refractivity contribution in [1.82, 2.24) is 19.2 Å². The lowest BCUT2D eigenvalue weighted by Gasteiger charge is -2.50. The molecule has 4 aliphatic carbocycles. The van der Waals surface area contributed by atoms with E-state index in [2.05, 4.69) is 43.5 Å². The maximum Gasteiger partial charge on any atom is 0.264 e. The normalized spacial score (nSPS) is 35.5. The summed E-state index contributed by atoms with van der Waals surface area (Å²) in [5.74, 6) is -2.15. The van der Waals surface area contributed by atoms with E-state index < -0.39 is 65.4 Å². The second kappa shape index (κ2) is 26.2.